The van der Waals surface area contributed by atoms with Gasteiger partial charge in [0.15, 0.2) is 0 Å². The van der Waals surface area contributed by atoms with Crippen LogP contribution in [0, 0.1) is 10.8 Å². The molecular formula is C46H47ClN2O. The number of hydrogen-bond donors (Lipinski definition) is 0. The molecule has 0 saturated carbocycles. The van der Waals surface area contributed by atoms with Gasteiger partial charge < -0.3 is 9.32 Å². The lowest BCUT2D eigenvalue weighted by Gasteiger charge is -2.29. The molecule has 2 aliphatic rings. The highest BCUT2D eigenvalue weighted by atomic mass is 35.5. The van der Waals surface area contributed by atoms with Crippen LogP contribution in [0.2, 0.25) is 5.02 Å². The molecule has 8 rings (SSSR count). The second kappa shape index (κ2) is 11.8. The van der Waals surface area contributed by atoms with E-state index in [1.165, 1.54) is 23.1 Å². The number of nitrogens with zero attached hydrogens (tertiary/aromatic N) is 2. The Bertz CT molecular complexity index is 2970. The fourth-order valence-electron chi connectivity index (χ4n) is 6.91. The third-order valence-corrected chi connectivity index (χ3v) is 9.47. The number of furan rings is 1. The molecule has 5 aromatic carbocycles. The maximum Gasteiger partial charge on any atom is 0.205 e. The Morgan fingerprint density at radius 3 is 1.70 bits per heavy atom. The Morgan fingerprint density at radius 2 is 1.12 bits per heavy atom. The third kappa shape index (κ3) is 6.22. The van der Waals surface area contributed by atoms with Gasteiger partial charge in [-0.3, -0.25) is 4.90 Å². The van der Waals surface area contributed by atoms with E-state index in [1.807, 2.05) is 27.7 Å². The number of benzene rings is 5. The molecule has 1 aromatic heterocycles. The molecule has 1 heterocycles. The van der Waals surface area contributed by atoms with Gasteiger partial charge in [0.25, 0.3) is 0 Å². The molecule has 0 atom stereocenters. The van der Waals surface area contributed by atoms with Gasteiger partial charge in [-0.2, -0.15) is 0 Å². The standard InChI is InChI=1S/C46H47ClN2O/c1-44(2,3)35-14-18-37(19-15-35)49(43-22-30-10-8-9-11-42(30)50-43)41-24-36(47)23-40(25-41)48(38-16-12-31-26-45(4,5)28-33(31)20-38)39-17-13-32-27-46(6,7)29-34(32)21-39/h8-25H,26-29H2,1-7H3/i8D,9D,10D,11D,12D,13D,14D,15D,16D,17D,18D,19D,20D,21D,22D. The highest BCUT2D eigenvalue weighted by molar-refractivity contribution is 6.31. The molecule has 0 unspecified atom stereocenters. The first-order chi connectivity index (χ1) is 30.0. The summed E-state index contributed by atoms with van der Waals surface area (Å²) in [6.07, 6.45) is 1.68. The SMILES string of the molecule is [2H]c1c([2H])c(N(c2cc(Cl)cc(N(c3oc4c([2H])c([2H])c([2H])c([2H])c4c3[2H])c3c([2H])c([2H])c(C(C)(C)C)c([2H])c3[2H])c2)c2c([2H])c([2H])c3c(c2[2H])CC(C)(C)C3)c([2H])c2c1CC(C)(C)C2. The normalized spacial score (nSPS) is 20.2. The van der Waals surface area contributed by atoms with Crippen LogP contribution in [0.25, 0.3) is 11.0 Å². The monoisotopic (exact) mass is 693 g/mol. The molecule has 0 saturated heterocycles. The Kier molecular flexibility index (Phi) is 4.68. The van der Waals surface area contributed by atoms with Gasteiger partial charge in [-0.05, 0) is 130 Å². The van der Waals surface area contributed by atoms with E-state index in [0.29, 0.717) is 47.9 Å². The average molecular weight is 694 g/mol. The summed E-state index contributed by atoms with van der Waals surface area (Å²) in [5.74, 6) is -0.512. The van der Waals surface area contributed by atoms with Crippen molar-refractivity contribution in [3.05, 3.63) is 142 Å². The van der Waals surface area contributed by atoms with Crippen molar-refractivity contribution in [3.8, 4) is 0 Å². The number of fused-ring (bicyclic) bond motifs is 3. The van der Waals surface area contributed by atoms with E-state index in [0.717, 1.165) is 4.90 Å². The summed E-state index contributed by atoms with van der Waals surface area (Å²) in [6.45, 7) is 13.2. The predicted molar refractivity (Wildman–Crippen MR) is 212 cm³/mol. The van der Waals surface area contributed by atoms with Crippen LogP contribution >= 0.6 is 11.6 Å². The van der Waals surface area contributed by atoms with Crippen LogP contribution in [0.5, 0.6) is 0 Å². The first-order valence-corrected chi connectivity index (χ1v) is 17.1. The van der Waals surface area contributed by atoms with Gasteiger partial charge in [-0.1, -0.05) is 102 Å². The first-order valence-electron chi connectivity index (χ1n) is 24.2. The molecule has 0 bridgehead atoms. The molecule has 2 aliphatic carbocycles. The van der Waals surface area contributed by atoms with Crippen LogP contribution in [-0.4, -0.2) is 0 Å². The zero-order valence-corrected chi connectivity index (χ0v) is 30.0. The summed E-state index contributed by atoms with van der Waals surface area (Å²) in [4.78, 5) is 2.39. The lowest BCUT2D eigenvalue weighted by molar-refractivity contribution is 0.392. The van der Waals surface area contributed by atoms with Crippen molar-refractivity contribution < 1.29 is 25.0 Å². The van der Waals surface area contributed by atoms with E-state index >= 15 is 0 Å². The van der Waals surface area contributed by atoms with Crippen LogP contribution < -0.4 is 9.80 Å². The largest absolute Gasteiger partial charge is 0.440 e. The molecule has 50 heavy (non-hydrogen) atoms. The number of hydrogen-bond acceptors (Lipinski definition) is 3. The summed E-state index contributed by atoms with van der Waals surface area (Å²) in [6, 6.07) is -2.02. The van der Waals surface area contributed by atoms with Gasteiger partial charge >= 0.3 is 0 Å². The smallest absolute Gasteiger partial charge is 0.205 e. The Labute approximate surface area is 323 Å². The van der Waals surface area contributed by atoms with E-state index in [1.54, 1.807) is 20.8 Å². The van der Waals surface area contributed by atoms with Crippen molar-refractivity contribution in [1.29, 1.82) is 0 Å². The number of halogens is 1. The third-order valence-electron chi connectivity index (χ3n) is 9.26. The van der Waals surface area contributed by atoms with Crippen LogP contribution in [0.4, 0.5) is 34.3 Å². The van der Waals surface area contributed by atoms with Crippen molar-refractivity contribution in [2.45, 2.75) is 79.6 Å². The Hall–Kier alpha value is -4.47. The quantitative estimate of drug-likeness (QED) is 0.173. The average Bonchev–Trinajstić information content (AvgIpc) is 3.86. The number of anilines is 6. The fourth-order valence-corrected chi connectivity index (χ4v) is 7.13. The van der Waals surface area contributed by atoms with Crippen LogP contribution in [-0.2, 0) is 31.1 Å². The van der Waals surface area contributed by atoms with Gasteiger partial charge in [-0.25, -0.2) is 0 Å². The molecule has 0 fully saturated rings. The minimum absolute atomic E-state index is 0.00294. The molecule has 6 aromatic rings. The maximum atomic E-state index is 9.73. The minimum atomic E-state index is -0.866. The predicted octanol–water partition coefficient (Wildman–Crippen LogP) is 13.6. The van der Waals surface area contributed by atoms with Crippen LogP contribution in [0.3, 0.4) is 0 Å². The van der Waals surface area contributed by atoms with E-state index in [-0.39, 0.29) is 85.8 Å². The lowest BCUT2D eigenvalue weighted by Crippen LogP contribution is -2.14. The highest BCUT2D eigenvalue weighted by Crippen LogP contribution is 2.47. The maximum absolute atomic E-state index is 9.73. The number of rotatable bonds is 6. The molecule has 0 N–H and O–H groups in total. The molecule has 4 heteroatoms. The minimum Gasteiger partial charge on any atom is -0.440 e. The van der Waals surface area contributed by atoms with Gasteiger partial charge in [0, 0.05) is 39.2 Å². The van der Waals surface area contributed by atoms with Gasteiger partial charge in [0.2, 0.25) is 5.88 Å². The zero-order chi connectivity index (χ0) is 48.1. The van der Waals surface area contributed by atoms with Crippen LogP contribution in [0.1, 0.15) is 96.8 Å². The Balaban J connectivity index is 1.51. The van der Waals surface area contributed by atoms with Crippen LogP contribution in [0.15, 0.2) is 113 Å². The molecule has 0 radical (unpaired) electrons. The summed E-state index contributed by atoms with van der Waals surface area (Å²) in [7, 11) is 0. The highest BCUT2D eigenvalue weighted by Gasteiger charge is 2.31. The van der Waals surface area contributed by atoms with E-state index < -0.39 is 77.0 Å². The molecule has 0 aliphatic heterocycles. The summed E-state index contributed by atoms with van der Waals surface area (Å²) < 4.78 is 144. The second-order valence-corrected chi connectivity index (χ2v) is 16.4. The van der Waals surface area contributed by atoms with Crippen molar-refractivity contribution in [2.24, 2.45) is 10.8 Å². The van der Waals surface area contributed by atoms with Gasteiger partial charge in [0.05, 0.1) is 26.2 Å². The van der Waals surface area contributed by atoms with Crippen molar-refractivity contribution in [2.75, 3.05) is 9.80 Å². The summed E-state index contributed by atoms with van der Waals surface area (Å²) >= 11 is 7.04. The van der Waals surface area contributed by atoms with E-state index in [2.05, 4.69) is 0 Å². The van der Waals surface area contributed by atoms with Gasteiger partial charge in [-0.15, -0.1) is 0 Å². The van der Waals surface area contributed by atoms with Crippen molar-refractivity contribution in [3.63, 3.8) is 0 Å². The summed E-state index contributed by atoms with van der Waals surface area (Å²) in [5.41, 5.74) is -0.565. The molecule has 0 spiro atoms. The second-order valence-electron chi connectivity index (χ2n) is 15.9. The topological polar surface area (TPSA) is 19.6 Å². The molecular weight excluding hydrogens is 632 g/mol. The Morgan fingerprint density at radius 1 is 0.600 bits per heavy atom. The van der Waals surface area contributed by atoms with E-state index in [4.69, 9.17) is 24.2 Å². The van der Waals surface area contributed by atoms with Crippen molar-refractivity contribution >= 4 is 56.9 Å². The molecule has 254 valence electrons. The first kappa shape index (κ1) is 19.8. The lowest BCUT2D eigenvalue weighted by atomic mass is 9.87. The summed E-state index contributed by atoms with van der Waals surface area (Å²) in [5, 5.41) is -0.372. The molecule has 0 amide bonds. The molecule has 3 nitrogen and oxygen atoms in total. The van der Waals surface area contributed by atoms with Gasteiger partial charge in [0.1, 0.15) is 5.58 Å². The zero-order valence-electron chi connectivity index (χ0n) is 44.2. The van der Waals surface area contributed by atoms with E-state index in [9.17, 15) is 12.3 Å². The number of para-hydroxylation sites is 1. The van der Waals surface area contributed by atoms with Crippen molar-refractivity contribution in [1.82, 2.24) is 0 Å². The fraction of sp³-hybridized carbons (Fsp3) is 0.304.